The Kier molecular flexibility index (Phi) is 6.66. The molecule has 0 saturated carbocycles. The summed E-state index contributed by atoms with van der Waals surface area (Å²) in [7, 11) is -2.22. The lowest BCUT2D eigenvalue weighted by Gasteiger charge is -2.24. The van der Waals surface area contributed by atoms with Crippen molar-refractivity contribution in [3.8, 4) is 11.5 Å². The molecule has 1 amide bonds. The zero-order valence-electron chi connectivity index (χ0n) is 14.9. The summed E-state index contributed by atoms with van der Waals surface area (Å²) in [4.78, 5) is 13.6. The van der Waals surface area contributed by atoms with Crippen molar-refractivity contribution in [3.05, 3.63) is 23.8 Å². The maximum atomic E-state index is 11.9. The highest BCUT2D eigenvalue weighted by Gasteiger charge is 2.22. The number of rotatable bonds is 8. The van der Waals surface area contributed by atoms with Gasteiger partial charge in [0.1, 0.15) is 0 Å². The van der Waals surface area contributed by atoms with E-state index in [1.165, 1.54) is 21.0 Å². The summed E-state index contributed by atoms with van der Waals surface area (Å²) in [5.41, 5.74) is 0.760. The molecule has 1 aromatic carbocycles. The van der Waals surface area contributed by atoms with Crippen LogP contribution in [0.1, 0.15) is 32.3 Å². The van der Waals surface area contributed by atoms with Crippen molar-refractivity contribution >= 4 is 16.0 Å². The molecule has 8 heteroatoms. The first-order valence-electron chi connectivity index (χ1n) is 8.30. The summed E-state index contributed by atoms with van der Waals surface area (Å²) in [5.74, 6) is 0.255. The Balaban J connectivity index is 2.17. The van der Waals surface area contributed by atoms with Gasteiger partial charge < -0.3 is 18.6 Å². The average Bonchev–Trinajstić information content (AvgIpc) is 3.07. The molecule has 1 aliphatic heterocycles. The molecule has 0 radical (unpaired) electrons. The minimum atomic E-state index is -3.67. The van der Waals surface area contributed by atoms with E-state index in [2.05, 4.69) is 0 Å². The predicted molar refractivity (Wildman–Crippen MR) is 93.1 cm³/mol. The standard InChI is InChI=1S/C17H25NO6S/c1-4-25(20,21)24-17-10-14(7-8-16(17)22-3)11-18(13(2)19)12-15-6-5-9-23-15/h7-8,10,15H,4-6,9,11-12H2,1-3H3. The molecule has 7 nitrogen and oxygen atoms in total. The molecular weight excluding hydrogens is 346 g/mol. The number of methoxy groups -OCH3 is 1. The van der Waals surface area contributed by atoms with Crippen molar-refractivity contribution in [2.24, 2.45) is 0 Å². The maximum Gasteiger partial charge on any atom is 0.309 e. The Hall–Kier alpha value is -1.80. The summed E-state index contributed by atoms with van der Waals surface area (Å²) in [6.07, 6.45) is 2.00. The lowest BCUT2D eigenvalue weighted by Crippen LogP contribution is -2.35. The summed E-state index contributed by atoms with van der Waals surface area (Å²) in [6, 6.07) is 5.02. The van der Waals surface area contributed by atoms with Crippen molar-refractivity contribution < 1.29 is 26.9 Å². The van der Waals surface area contributed by atoms with Gasteiger partial charge in [0.05, 0.1) is 19.0 Å². The number of carbonyl (C=O) groups excluding carboxylic acids is 1. The van der Waals surface area contributed by atoms with E-state index < -0.39 is 10.1 Å². The molecular formula is C17H25NO6S. The smallest absolute Gasteiger partial charge is 0.309 e. The molecule has 1 saturated heterocycles. The second kappa shape index (κ2) is 8.53. The largest absolute Gasteiger partial charge is 0.493 e. The fraction of sp³-hybridized carbons (Fsp3) is 0.588. The number of nitrogens with zero attached hydrogens (tertiary/aromatic N) is 1. The van der Waals surface area contributed by atoms with Gasteiger partial charge in [-0.2, -0.15) is 8.42 Å². The van der Waals surface area contributed by atoms with Gasteiger partial charge in [0.25, 0.3) is 0 Å². The van der Waals surface area contributed by atoms with Crippen LogP contribution in [0.25, 0.3) is 0 Å². The molecule has 0 bridgehead atoms. The number of hydrogen-bond acceptors (Lipinski definition) is 6. The number of hydrogen-bond donors (Lipinski definition) is 0. The first-order valence-corrected chi connectivity index (χ1v) is 9.88. The molecule has 1 aromatic rings. The van der Waals surface area contributed by atoms with Gasteiger partial charge in [-0.1, -0.05) is 6.07 Å². The molecule has 1 heterocycles. The molecule has 25 heavy (non-hydrogen) atoms. The second-order valence-electron chi connectivity index (χ2n) is 5.95. The molecule has 140 valence electrons. The van der Waals surface area contributed by atoms with Crippen LogP contribution in [0.2, 0.25) is 0 Å². The van der Waals surface area contributed by atoms with E-state index in [1.54, 1.807) is 23.1 Å². The van der Waals surface area contributed by atoms with Crippen LogP contribution < -0.4 is 8.92 Å². The van der Waals surface area contributed by atoms with E-state index in [9.17, 15) is 13.2 Å². The van der Waals surface area contributed by atoms with Gasteiger partial charge in [-0.3, -0.25) is 4.79 Å². The Morgan fingerprint density at radius 1 is 1.36 bits per heavy atom. The van der Waals surface area contributed by atoms with Crippen LogP contribution in [0, 0.1) is 0 Å². The fourth-order valence-electron chi connectivity index (χ4n) is 2.64. The van der Waals surface area contributed by atoms with E-state index in [1.807, 2.05) is 0 Å². The maximum absolute atomic E-state index is 11.9. The fourth-order valence-corrected chi connectivity index (χ4v) is 3.16. The third kappa shape index (κ3) is 5.61. The number of ether oxygens (including phenoxy) is 2. The van der Waals surface area contributed by atoms with Gasteiger partial charge in [-0.05, 0) is 37.5 Å². The quantitative estimate of drug-likeness (QED) is 0.650. The van der Waals surface area contributed by atoms with Crippen molar-refractivity contribution in [3.63, 3.8) is 0 Å². The summed E-state index contributed by atoms with van der Waals surface area (Å²) in [6.45, 7) is 4.61. The van der Waals surface area contributed by atoms with Gasteiger partial charge in [0.15, 0.2) is 11.5 Å². The van der Waals surface area contributed by atoms with Crippen LogP contribution >= 0.6 is 0 Å². The van der Waals surface area contributed by atoms with Gasteiger partial charge in [0, 0.05) is 26.6 Å². The van der Waals surface area contributed by atoms with Crippen molar-refractivity contribution in [2.45, 2.75) is 39.3 Å². The second-order valence-corrected chi connectivity index (χ2v) is 7.81. The van der Waals surface area contributed by atoms with Gasteiger partial charge in [0.2, 0.25) is 5.91 Å². The van der Waals surface area contributed by atoms with Crippen molar-refractivity contribution in [1.82, 2.24) is 4.90 Å². The van der Waals surface area contributed by atoms with E-state index in [0.717, 1.165) is 25.0 Å². The summed E-state index contributed by atoms with van der Waals surface area (Å²) < 4.78 is 39.4. The van der Waals surface area contributed by atoms with Crippen molar-refractivity contribution in [1.29, 1.82) is 0 Å². The predicted octanol–water partition coefficient (Wildman–Crippen LogP) is 1.95. The molecule has 1 unspecified atom stereocenters. The monoisotopic (exact) mass is 371 g/mol. The molecule has 0 spiro atoms. The molecule has 0 aromatic heterocycles. The zero-order valence-corrected chi connectivity index (χ0v) is 15.7. The SMILES string of the molecule is CCS(=O)(=O)Oc1cc(CN(CC2CCCO2)C(C)=O)ccc1OC. The Bertz CT molecular complexity index is 697. The lowest BCUT2D eigenvalue weighted by molar-refractivity contribution is -0.131. The minimum Gasteiger partial charge on any atom is -0.493 e. The summed E-state index contributed by atoms with van der Waals surface area (Å²) >= 11 is 0. The average molecular weight is 371 g/mol. The lowest BCUT2D eigenvalue weighted by atomic mass is 10.1. The van der Waals surface area contributed by atoms with Crippen LogP contribution in [0.15, 0.2) is 18.2 Å². The van der Waals surface area contributed by atoms with Gasteiger partial charge >= 0.3 is 10.1 Å². The number of amides is 1. The molecule has 1 atom stereocenters. The molecule has 0 N–H and O–H groups in total. The highest BCUT2D eigenvalue weighted by molar-refractivity contribution is 7.87. The van der Waals surface area contributed by atoms with E-state index >= 15 is 0 Å². The highest BCUT2D eigenvalue weighted by Crippen LogP contribution is 2.30. The topological polar surface area (TPSA) is 82.1 Å². The third-order valence-corrected chi connectivity index (χ3v) is 5.21. The van der Waals surface area contributed by atoms with E-state index in [-0.39, 0.29) is 23.5 Å². The van der Waals surface area contributed by atoms with Crippen LogP contribution in [0.5, 0.6) is 11.5 Å². The molecule has 0 aliphatic carbocycles. The summed E-state index contributed by atoms with van der Waals surface area (Å²) in [5, 5.41) is 0. The normalized spacial score (nSPS) is 17.3. The first-order chi connectivity index (χ1) is 11.8. The van der Waals surface area contributed by atoms with E-state index in [0.29, 0.717) is 18.8 Å². The number of carbonyl (C=O) groups is 1. The van der Waals surface area contributed by atoms with Crippen LogP contribution in [-0.2, 0) is 26.2 Å². The zero-order chi connectivity index (χ0) is 18.4. The first kappa shape index (κ1) is 19.5. The van der Waals surface area contributed by atoms with Crippen molar-refractivity contribution in [2.75, 3.05) is 26.0 Å². The highest BCUT2D eigenvalue weighted by atomic mass is 32.2. The molecule has 1 fully saturated rings. The van der Waals surface area contributed by atoms with Crippen LogP contribution in [0.4, 0.5) is 0 Å². The number of benzene rings is 1. The van der Waals surface area contributed by atoms with Crippen LogP contribution in [-0.4, -0.2) is 51.3 Å². The minimum absolute atomic E-state index is 0.0540. The van der Waals surface area contributed by atoms with Gasteiger partial charge in [-0.25, -0.2) is 0 Å². The Morgan fingerprint density at radius 3 is 2.68 bits per heavy atom. The van der Waals surface area contributed by atoms with Gasteiger partial charge in [-0.15, -0.1) is 0 Å². The molecule has 1 aliphatic rings. The van der Waals surface area contributed by atoms with E-state index in [4.69, 9.17) is 13.7 Å². The van der Waals surface area contributed by atoms with Crippen LogP contribution in [0.3, 0.4) is 0 Å². The third-order valence-electron chi connectivity index (χ3n) is 4.07. The Morgan fingerprint density at radius 2 is 2.12 bits per heavy atom. The molecule has 2 rings (SSSR count). The Labute approximate surface area is 149 Å².